The van der Waals surface area contributed by atoms with Gasteiger partial charge in [-0.2, -0.15) is 0 Å². The largest absolute Gasteiger partial charge is 0.482 e. The van der Waals surface area contributed by atoms with Gasteiger partial charge in [0.2, 0.25) is 0 Å². The Morgan fingerprint density at radius 2 is 1.73 bits per heavy atom. The number of ether oxygens (including phenoxy) is 2. The average molecular weight is 364 g/mol. The van der Waals surface area contributed by atoms with Crippen LogP contribution in [0, 0.1) is 6.92 Å². The van der Waals surface area contributed by atoms with Crippen LogP contribution in [-0.4, -0.2) is 36.7 Å². The molecule has 7 nitrogen and oxygen atoms in total. The van der Waals surface area contributed by atoms with Crippen molar-refractivity contribution in [1.29, 1.82) is 0 Å². The normalized spacial score (nSPS) is 11.8. The van der Waals surface area contributed by atoms with E-state index in [1.165, 1.54) is 6.92 Å². The zero-order valence-electron chi connectivity index (χ0n) is 16.2. The quantitative estimate of drug-likeness (QED) is 0.726. The van der Waals surface area contributed by atoms with E-state index in [0.29, 0.717) is 11.7 Å². The second-order valence-corrected chi connectivity index (χ2v) is 6.72. The molecule has 0 aliphatic carbocycles. The fourth-order valence-electron chi connectivity index (χ4n) is 2.06. The first kappa shape index (κ1) is 21.5. The molecule has 0 bridgehead atoms. The smallest absolute Gasteiger partial charge is 0.344 e. The maximum absolute atomic E-state index is 11.9. The van der Waals surface area contributed by atoms with Gasteiger partial charge in [-0.15, -0.1) is 0 Å². The van der Waals surface area contributed by atoms with Crippen molar-refractivity contribution < 1.29 is 23.9 Å². The third-order valence-electron chi connectivity index (χ3n) is 3.56. The van der Waals surface area contributed by atoms with E-state index in [1.807, 2.05) is 25.1 Å². The Balaban J connectivity index is 2.52. The van der Waals surface area contributed by atoms with E-state index in [-0.39, 0.29) is 12.6 Å². The Morgan fingerprint density at radius 3 is 2.31 bits per heavy atom. The van der Waals surface area contributed by atoms with Crippen LogP contribution in [0.2, 0.25) is 0 Å². The first-order valence-electron chi connectivity index (χ1n) is 8.64. The molecule has 0 aliphatic rings. The van der Waals surface area contributed by atoms with Crippen molar-refractivity contribution in [2.45, 2.75) is 59.6 Å². The van der Waals surface area contributed by atoms with Gasteiger partial charge in [0.1, 0.15) is 5.75 Å². The number of aryl methyl sites for hydroxylation is 1. The molecule has 1 aromatic rings. The lowest BCUT2D eigenvalue weighted by Gasteiger charge is -2.15. The molecule has 0 spiro atoms. The molecule has 144 valence electrons. The maximum atomic E-state index is 11.9. The first-order chi connectivity index (χ1) is 12.1. The van der Waals surface area contributed by atoms with E-state index in [4.69, 9.17) is 9.47 Å². The van der Waals surface area contributed by atoms with Gasteiger partial charge in [0.25, 0.3) is 5.91 Å². The lowest BCUT2D eigenvalue weighted by atomic mass is 10.0. The lowest BCUT2D eigenvalue weighted by molar-refractivity contribution is -0.156. The summed E-state index contributed by atoms with van der Waals surface area (Å²) in [6.45, 7) is 10.6. The van der Waals surface area contributed by atoms with Gasteiger partial charge in [-0.3, -0.25) is 10.1 Å². The van der Waals surface area contributed by atoms with Gasteiger partial charge < -0.3 is 14.8 Å². The molecular weight excluding hydrogens is 336 g/mol. The van der Waals surface area contributed by atoms with Crippen LogP contribution < -0.4 is 15.4 Å². The highest BCUT2D eigenvalue weighted by molar-refractivity contribution is 5.97. The number of imide groups is 1. The van der Waals surface area contributed by atoms with E-state index < -0.39 is 24.0 Å². The van der Waals surface area contributed by atoms with Crippen LogP contribution in [0.15, 0.2) is 18.2 Å². The second kappa shape index (κ2) is 9.79. The molecule has 0 aliphatic heterocycles. The Labute approximate surface area is 154 Å². The fourth-order valence-corrected chi connectivity index (χ4v) is 2.06. The van der Waals surface area contributed by atoms with Crippen LogP contribution in [0.25, 0.3) is 0 Å². The van der Waals surface area contributed by atoms with Crippen molar-refractivity contribution in [3.8, 4) is 5.75 Å². The molecule has 0 saturated heterocycles. The fraction of sp³-hybridized carbons (Fsp3) is 0.526. The zero-order chi connectivity index (χ0) is 19.9. The molecular formula is C19H28N2O5. The van der Waals surface area contributed by atoms with Crippen molar-refractivity contribution >= 4 is 17.9 Å². The molecule has 0 radical (unpaired) electrons. The second-order valence-electron chi connectivity index (χ2n) is 6.72. The van der Waals surface area contributed by atoms with Gasteiger partial charge in [-0.05, 0) is 50.8 Å². The van der Waals surface area contributed by atoms with Gasteiger partial charge in [0.15, 0.2) is 12.7 Å². The van der Waals surface area contributed by atoms with Gasteiger partial charge >= 0.3 is 12.0 Å². The highest BCUT2D eigenvalue weighted by Gasteiger charge is 2.20. The van der Waals surface area contributed by atoms with Gasteiger partial charge in [0.05, 0.1) is 0 Å². The van der Waals surface area contributed by atoms with E-state index in [2.05, 4.69) is 24.5 Å². The van der Waals surface area contributed by atoms with Crippen LogP contribution in [0.5, 0.6) is 5.75 Å². The molecule has 1 atom stereocenters. The minimum absolute atomic E-state index is 0.112. The highest BCUT2D eigenvalue weighted by Crippen LogP contribution is 2.24. The van der Waals surface area contributed by atoms with Crippen molar-refractivity contribution in [2.75, 3.05) is 6.61 Å². The van der Waals surface area contributed by atoms with Crippen LogP contribution in [0.3, 0.4) is 0 Å². The summed E-state index contributed by atoms with van der Waals surface area (Å²) in [5.74, 6) is -0.451. The molecule has 0 heterocycles. The number of carbonyl (C=O) groups excluding carboxylic acids is 3. The van der Waals surface area contributed by atoms with Crippen LogP contribution in [0.4, 0.5) is 4.79 Å². The molecule has 0 saturated carbocycles. The standard InChI is InChI=1S/C19H28N2O5/c1-11(2)15-8-7-13(5)16(9-15)25-10-17(22)26-14(6)18(23)21-19(24)20-12(3)4/h7-9,11-12,14H,10H2,1-6H3,(H2,20,21,23,24)/t14-/m0/s1. The predicted molar refractivity (Wildman–Crippen MR) is 98.1 cm³/mol. The minimum atomic E-state index is -1.10. The molecule has 0 fully saturated rings. The van der Waals surface area contributed by atoms with Gasteiger partial charge in [-0.25, -0.2) is 9.59 Å². The SMILES string of the molecule is Cc1ccc(C(C)C)cc1OCC(=O)O[C@@H](C)C(=O)NC(=O)NC(C)C. The van der Waals surface area contributed by atoms with Crippen molar-refractivity contribution in [3.05, 3.63) is 29.3 Å². The lowest BCUT2D eigenvalue weighted by Crippen LogP contribution is -2.46. The van der Waals surface area contributed by atoms with Crippen molar-refractivity contribution in [3.63, 3.8) is 0 Å². The Kier molecular flexibility index (Phi) is 8.09. The van der Waals surface area contributed by atoms with Crippen molar-refractivity contribution in [1.82, 2.24) is 10.6 Å². The summed E-state index contributed by atoms with van der Waals surface area (Å²) >= 11 is 0. The third kappa shape index (κ3) is 7.13. The Hall–Kier alpha value is -2.57. The van der Waals surface area contributed by atoms with Crippen LogP contribution in [0.1, 0.15) is 51.7 Å². The number of benzene rings is 1. The molecule has 1 rings (SSSR count). The summed E-state index contributed by atoms with van der Waals surface area (Å²) in [4.78, 5) is 35.2. The Morgan fingerprint density at radius 1 is 1.08 bits per heavy atom. The van der Waals surface area contributed by atoms with Gasteiger partial charge in [0, 0.05) is 6.04 Å². The molecule has 0 aromatic heterocycles. The third-order valence-corrected chi connectivity index (χ3v) is 3.56. The van der Waals surface area contributed by atoms with E-state index in [1.54, 1.807) is 13.8 Å². The summed E-state index contributed by atoms with van der Waals surface area (Å²) in [5.41, 5.74) is 2.00. The summed E-state index contributed by atoms with van der Waals surface area (Å²) in [7, 11) is 0. The summed E-state index contributed by atoms with van der Waals surface area (Å²) < 4.78 is 10.5. The number of urea groups is 1. The predicted octanol–water partition coefficient (Wildman–Crippen LogP) is 2.66. The summed E-state index contributed by atoms with van der Waals surface area (Å²) in [6, 6.07) is 5.09. The van der Waals surface area contributed by atoms with E-state index >= 15 is 0 Å². The average Bonchev–Trinajstić information content (AvgIpc) is 2.52. The van der Waals surface area contributed by atoms with Crippen LogP contribution in [-0.2, 0) is 14.3 Å². The first-order valence-corrected chi connectivity index (χ1v) is 8.64. The highest BCUT2D eigenvalue weighted by atomic mass is 16.6. The number of esters is 1. The summed E-state index contributed by atoms with van der Waals surface area (Å²) in [5, 5.41) is 4.63. The van der Waals surface area contributed by atoms with Crippen molar-refractivity contribution in [2.24, 2.45) is 0 Å². The number of hydrogen-bond donors (Lipinski definition) is 2. The zero-order valence-corrected chi connectivity index (χ0v) is 16.2. The maximum Gasteiger partial charge on any atom is 0.344 e. The monoisotopic (exact) mass is 364 g/mol. The number of amides is 3. The van der Waals surface area contributed by atoms with Crippen LogP contribution >= 0.6 is 0 Å². The number of carbonyl (C=O) groups is 3. The number of rotatable bonds is 7. The van der Waals surface area contributed by atoms with E-state index in [0.717, 1.165) is 11.1 Å². The van der Waals surface area contributed by atoms with Gasteiger partial charge in [-0.1, -0.05) is 26.0 Å². The molecule has 0 unspecified atom stereocenters. The molecule has 26 heavy (non-hydrogen) atoms. The molecule has 7 heteroatoms. The topological polar surface area (TPSA) is 93.7 Å². The minimum Gasteiger partial charge on any atom is -0.482 e. The molecule has 2 N–H and O–H groups in total. The Bertz CT molecular complexity index is 655. The molecule has 3 amide bonds. The molecule has 1 aromatic carbocycles. The number of nitrogens with one attached hydrogen (secondary N) is 2. The number of hydrogen-bond acceptors (Lipinski definition) is 5. The van der Waals surface area contributed by atoms with E-state index in [9.17, 15) is 14.4 Å². The summed E-state index contributed by atoms with van der Waals surface area (Å²) in [6.07, 6.45) is -1.10.